The molecule has 0 radical (unpaired) electrons. The number of hydrogen-bond acceptors (Lipinski definition) is 16. The van der Waals surface area contributed by atoms with E-state index >= 15 is 0 Å². The maximum atomic E-state index is 12.9. The Labute approximate surface area is 337 Å². The maximum Gasteiger partial charge on any atom is 0.307 e. The van der Waals surface area contributed by atoms with Crippen LogP contribution in [-0.4, -0.2) is 149 Å². The first-order chi connectivity index (χ1) is 26.6. The van der Waals surface area contributed by atoms with Gasteiger partial charge >= 0.3 is 23.9 Å². The predicted molar refractivity (Wildman–Crippen MR) is 204 cm³/mol. The number of aldehydes is 1. The van der Waals surface area contributed by atoms with Crippen LogP contribution in [0.3, 0.4) is 0 Å². The van der Waals surface area contributed by atoms with Gasteiger partial charge in [-0.25, -0.2) is 0 Å². The number of ether oxygens (including phenoxy) is 10. The van der Waals surface area contributed by atoms with Crippen molar-refractivity contribution in [1.82, 2.24) is 4.90 Å². The highest BCUT2D eigenvalue weighted by Crippen LogP contribution is 2.43. The fourth-order valence-corrected chi connectivity index (χ4v) is 7.85. The molecule has 0 amide bonds. The van der Waals surface area contributed by atoms with Crippen molar-refractivity contribution in [3.63, 3.8) is 0 Å². The zero-order valence-corrected chi connectivity index (χ0v) is 36.3. The Hall–Kier alpha value is -2.77. The zero-order chi connectivity index (χ0) is 43.4. The molecule has 2 aliphatic heterocycles. The molecule has 0 saturated carbocycles. The van der Waals surface area contributed by atoms with E-state index < -0.39 is 110 Å². The molecule has 14 atom stereocenters. The SMILES string of the molecule is CCC(=O)O[C@@H](CC(=O)O)[C@H](OC)[C@@H](O[C@@H]1O[C@H](C)C(O[C@H]2CC(C)(C)C(C)[C@H](C)O2)C(N(C)C)C1OC(C)=O)[C@@H](CC(OC)OC)C[C@@H](C)[C@@H](C=O)OC(C)=O. The standard InChI is InChI=1S/C40H69NO16/c1-15-31(47)55-28(18-30(45)46)37(50-14)36(27(17-32(48-12)49-13)16-21(2)29(20-42)53-25(6)43)57-39-38(54-26(7)44)34(41(10)11)35(24(5)52-39)56-33-19-40(8,9)22(3)23(4)51-33/h20-24,27-29,32-39H,15-19H2,1-14H3,(H,45,46)/t21-,22?,23+,24-,27-,28+,29-,33+,34?,35?,36+,37+,38?,39+/m1/s1. The monoisotopic (exact) mass is 819 g/mol. The lowest BCUT2D eigenvalue weighted by Gasteiger charge is -2.51. The highest BCUT2D eigenvalue weighted by atomic mass is 16.7. The normalized spacial score (nSPS) is 29.4. The van der Waals surface area contributed by atoms with Gasteiger partial charge in [0.05, 0.1) is 30.8 Å². The van der Waals surface area contributed by atoms with Gasteiger partial charge in [-0.3, -0.25) is 24.0 Å². The van der Waals surface area contributed by atoms with Crippen LogP contribution in [0.1, 0.15) is 94.4 Å². The Balaban J connectivity index is 2.79. The van der Waals surface area contributed by atoms with Crippen molar-refractivity contribution >= 4 is 30.2 Å². The third-order valence-corrected chi connectivity index (χ3v) is 11.3. The fourth-order valence-electron chi connectivity index (χ4n) is 7.85. The summed E-state index contributed by atoms with van der Waals surface area (Å²) in [5.41, 5.74) is -0.0987. The van der Waals surface area contributed by atoms with Gasteiger partial charge in [0.2, 0.25) is 0 Å². The van der Waals surface area contributed by atoms with Crippen molar-refractivity contribution in [1.29, 1.82) is 0 Å². The Kier molecular flexibility index (Phi) is 20.4. The van der Waals surface area contributed by atoms with E-state index in [9.17, 15) is 29.1 Å². The maximum absolute atomic E-state index is 12.9. The molecule has 330 valence electrons. The fraction of sp³-hybridized carbons (Fsp3) is 0.875. The third-order valence-electron chi connectivity index (χ3n) is 11.3. The van der Waals surface area contributed by atoms with E-state index in [0.717, 1.165) is 0 Å². The number of carboxylic acid groups (broad SMARTS) is 1. The van der Waals surface area contributed by atoms with E-state index in [-0.39, 0.29) is 36.7 Å². The average molecular weight is 820 g/mol. The topological polar surface area (TPSA) is 201 Å². The van der Waals surface area contributed by atoms with Gasteiger partial charge in [-0.15, -0.1) is 0 Å². The molecule has 2 aliphatic rings. The number of carbonyl (C=O) groups is 5. The molecule has 1 N–H and O–H groups in total. The van der Waals surface area contributed by atoms with Crippen LogP contribution in [0.5, 0.6) is 0 Å². The Morgan fingerprint density at radius 3 is 2.00 bits per heavy atom. The van der Waals surface area contributed by atoms with Crippen LogP contribution in [0.15, 0.2) is 0 Å². The van der Waals surface area contributed by atoms with Crippen LogP contribution in [0.25, 0.3) is 0 Å². The van der Waals surface area contributed by atoms with Gasteiger partial charge < -0.3 is 57.4 Å². The molecule has 2 rings (SSSR count). The number of rotatable bonds is 23. The predicted octanol–water partition coefficient (Wildman–Crippen LogP) is 3.75. The van der Waals surface area contributed by atoms with Crippen molar-refractivity contribution < 1.29 is 76.4 Å². The molecular formula is C40H69NO16. The minimum absolute atomic E-state index is 0.0549. The van der Waals surface area contributed by atoms with Gasteiger partial charge in [-0.1, -0.05) is 34.6 Å². The van der Waals surface area contributed by atoms with E-state index in [1.807, 2.05) is 25.9 Å². The van der Waals surface area contributed by atoms with Crippen LogP contribution in [0, 0.1) is 23.2 Å². The summed E-state index contributed by atoms with van der Waals surface area (Å²) < 4.78 is 60.7. The number of esters is 3. The summed E-state index contributed by atoms with van der Waals surface area (Å²) in [7, 11) is 7.81. The molecule has 0 spiro atoms. The minimum atomic E-state index is -1.38. The van der Waals surface area contributed by atoms with Gasteiger partial charge in [0.1, 0.15) is 18.3 Å². The number of hydrogen-bond donors (Lipinski definition) is 1. The minimum Gasteiger partial charge on any atom is -0.481 e. The second kappa shape index (κ2) is 23.1. The molecule has 17 heteroatoms. The lowest BCUT2D eigenvalue weighted by Crippen LogP contribution is -2.66. The summed E-state index contributed by atoms with van der Waals surface area (Å²) in [5, 5.41) is 9.98. The number of methoxy groups -OCH3 is 3. The van der Waals surface area contributed by atoms with Crippen molar-refractivity contribution in [3.05, 3.63) is 0 Å². The van der Waals surface area contributed by atoms with E-state index in [0.29, 0.717) is 12.7 Å². The lowest BCUT2D eigenvalue weighted by atomic mass is 9.73. The van der Waals surface area contributed by atoms with Gasteiger partial charge in [0.25, 0.3) is 0 Å². The van der Waals surface area contributed by atoms with E-state index in [4.69, 9.17) is 47.4 Å². The summed E-state index contributed by atoms with van der Waals surface area (Å²) in [6.07, 6.45) is -9.82. The molecular weight excluding hydrogens is 750 g/mol. The van der Waals surface area contributed by atoms with Crippen LogP contribution < -0.4 is 0 Å². The molecule has 4 unspecified atom stereocenters. The van der Waals surface area contributed by atoms with Gasteiger partial charge in [-0.05, 0) is 51.6 Å². The van der Waals surface area contributed by atoms with Crippen LogP contribution in [0.4, 0.5) is 0 Å². The molecule has 0 bridgehead atoms. The summed E-state index contributed by atoms with van der Waals surface area (Å²) in [6.45, 7) is 16.0. The molecule has 0 aromatic heterocycles. The molecule has 0 aliphatic carbocycles. The first-order valence-electron chi connectivity index (χ1n) is 19.7. The first-order valence-corrected chi connectivity index (χ1v) is 19.7. The largest absolute Gasteiger partial charge is 0.481 e. The Morgan fingerprint density at radius 2 is 1.53 bits per heavy atom. The number of nitrogens with zero attached hydrogens (tertiary/aromatic N) is 1. The first kappa shape index (κ1) is 50.4. The number of carboxylic acids is 1. The quantitative estimate of drug-likeness (QED) is 0.0675. The van der Waals surface area contributed by atoms with Gasteiger partial charge in [-0.2, -0.15) is 0 Å². The average Bonchev–Trinajstić information content (AvgIpc) is 3.11. The Bertz CT molecular complexity index is 1290. The van der Waals surface area contributed by atoms with Crippen molar-refractivity contribution in [3.8, 4) is 0 Å². The van der Waals surface area contributed by atoms with Gasteiger partial charge in [0.15, 0.2) is 37.4 Å². The van der Waals surface area contributed by atoms with Crippen molar-refractivity contribution in [2.45, 2.75) is 168 Å². The highest BCUT2D eigenvalue weighted by molar-refractivity contribution is 5.71. The second-order valence-corrected chi connectivity index (χ2v) is 16.2. The number of likely N-dealkylation sites (N-methyl/N-ethyl adjacent to an activating group) is 1. The third kappa shape index (κ3) is 14.5. The summed E-state index contributed by atoms with van der Waals surface area (Å²) >= 11 is 0. The van der Waals surface area contributed by atoms with E-state index in [2.05, 4.69) is 20.8 Å². The Morgan fingerprint density at radius 1 is 0.895 bits per heavy atom. The highest BCUT2D eigenvalue weighted by Gasteiger charge is 2.53. The molecule has 0 aromatic rings. The van der Waals surface area contributed by atoms with Crippen LogP contribution in [-0.2, 0) is 71.3 Å². The van der Waals surface area contributed by atoms with Crippen molar-refractivity contribution in [2.24, 2.45) is 23.2 Å². The lowest BCUT2D eigenvalue weighted by molar-refractivity contribution is -0.340. The number of carbonyl (C=O) groups excluding carboxylic acids is 4. The summed E-state index contributed by atoms with van der Waals surface area (Å²) in [5.74, 6) is -4.37. The molecule has 17 nitrogen and oxygen atoms in total. The van der Waals surface area contributed by atoms with E-state index in [1.165, 1.54) is 35.2 Å². The van der Waals surface area contributed by atoms with Crippen LogP contribution in [0.2, 0.25) is 0 Å². The molecule has 0 aromatic carbocycles. The smallest absolute Gasteiger partial charge is 0.307 e. The van der Waals surface area contributed by atoms with E-state index in [1.54, 1.807) is 20.8 Å². The molecule has 2 fully saturated rings. The molecule has 2 heterocycles. The van der Waals surface area contributed by atoms with Crippen molar-refractivity contribution in [2.75, 3.05) is 35.4 Å². The van der Waals surface area contributed by atoms with Gasteiger partial charge in [0, 0.05) is 60.4 Å². The second-order valence-electron chi connectivity index (χ2n) is 16.2. The zero-order valence-electron chi connectivity index (χ0n) is 36.3. The number of aliphatic carboxylic acids is 1. The summed E-state index contributed by atoms with van der Waals surface area (Å²) in [6, 6.07) is -0.662. The summed E-state index contributed by atoms with van der Waals surface area (Å²) in [4.78, 5) is 63.8. The van der Waals surface area contributed by atoms with Crippen LogP contribution >= 0.6 is 0 Å². The molecule has 57 heavy (non-hydrogen) atoms. The molecule has 2 saturated heterocycles.